The second-order valence-corrected chi connectivity index (χ2v) is 4.69. The molecule has 0 saturated heterocycles. The molecule has 0 saturated carbocycles. The molecule has 1 aliphatic carbocycles. The molecule has 0 spiro atoms. The normalized spacial score (nSPS) is 31.3. The van der Waals surface area contributed by atoms with E-state index in [0.717, 1.165) is 0 Å². The van der Waals surface area contributed by atoms with Crippen molar-refractivity contribution in [2.75, 3.05) is 0 Å². The number of nitrogens with zero attached hydrogens (tertiary/aromatic N) is 2. The summed E-state index contributed by atoms with van der Waals surface area (Å²) in [4.78, 5) is -1.67. The molecule has 2 nitrogen and oxygen atoms in total. The Hall–Kier alpha value is -0.790. The third-order valence-corrected chi connectivity index (χ3v) is 4.22. The average molecular weight is 342 g/mol. The van der Waals surface area contributed by atoms with Gasteiger partial charge in [-0.05, 0) is 15.9 Å². The summed E-state index contributed by atoms with van der Waals surface area (Å²) >= 11 is 4.88. The van der Waals surface area contributed by atoms with Crippen molar-refractivity contribution < 1.29 is 13.2 Å². The summed E-state index contributed by atoms with van der Waals surface area (Å²) in [6, 6.07) is 2.57. The first-order chi connectivity index (χ1) is 6.87. The van der Waals surface area contributed by atoms with Crippen molar-refractivity contribution >= 4 is 31.9 Å². The van der Waals surface area contributed by atoms with Gasteiger partial charge >= 0.3 is 0 Å². The summed E-state index contributed by atoms with van der Waals surface area (Å²) in [7, 11) is 0. The van der Waals surface area contributed by atoms with Crippen LogP contribution in [0.1, 0.15) is 0 Å². The lowest BCUT2D eigenvalue weighted by molar-refractivity contribution is 0.281. The zero-order valence-electron chi connectivity index (χ0n) is 6.86. The summed E-state index contributed by atoms with van der Waals surface area (Å²) in [5.74, 6) is -2.72. The Morgan fingerprint density at radius 3 is 2.07 bits per heavy atom. The first-order valence-corrected chi connectivity index (χ1v) is 5.21. The topological polar surface area (TPSA) is 47.6 Å². The summed E-state index contributed by atoms with van der Waals surface area (Å²) in [6.07, 6.45) is 0. The van der Waals surface area contributed by atoms with Crippen molar-refractivity contribution in [3.8, 4) is 12.1 Å². The van der Waals surface area contributed by atoms with Crippen molar-refractivity contribution in [3.63, 3.8) is 0 Å². The van der Waals surface area contributed by atoms with Crippen LogP contribution in [-0.4, -0.2) is 9.41 Å². The molecule has 2 unspecified atom stereocenters. The van der Waals surface area contributed by atoms with Gasteiger partial charge in [0.05, 0.1) is 0 Å². The fraction of sp³-hybridized carbons (Fsp3) is 0.250. The van der Waals surface area contributed by atoms with E-state index < -0.39 is 32.2 Å². The maximum atomic E-state index is 13.6. The Bertz CT molecular complexity index is 453. The SMILES string of the molecule is N#CC1=C(F)C(Br)C(F)(Br)C(F)=C1C#N. The van der Waals surface area contributed by atoms with Crippen molar-refractivity contribution in [2.45, 2.75) is 9.41 Å². The second-order valence-electron chi connectivity index (χ2n) is 2.62. The van der Waals surface area contributed by atoms with Crippen molar-refractivity contribution in [1.29, 1.82) is 10.5 Å². The van der Waals surface area contributed by atoms with Gasteiger partial charge in [-0.25, -0.2) is 13.2 Å². The second kappa shape index (κ2) is 3.99. The highest BCUT2D eigenvalue weighted by Crippen LogP contribution is 2.48. The summed E-state index contributed by atoms with van der Waals surface area (Å²) < 4.78 is 37.4. The van der Waals surface area contributed by atoms with E-state index >= 15 is 0 Å². The minimum atomic E-state index is -2.84. The number of alkyl halides is 3. The number of halogens is 5. The monoisotopic (exact) mass is 340 g/mol. The third-order valence-electron chi connectivity index (χ3n) is 1.77. The molecule has 0 bridgehead atoms. The minimum absolute atomic E-state index is 0.787. The molecule has 1 rings (SSSR count). The zero-order valence-corrected chi connectivity index (χ0v) is 10.0. The minimum Gasteiger partial charge on any atom is -0.222 e. The van der Waals surface area contributed by atoms with Crippen LogP contribution in [0.2, 0.25) is 0 Å². The lowest BCUT2D eigenvalue weighted by atomic mass is 9.96. The molecule has 0 heterocycles. The fourth-order valence-electron chi connectivity index (χ4n) is 1.01. The van der Waals surface area contributed by atoms with E-state index in [2.05, 4.69) is 31.9 Å². The molecule has 0 radical (unpaired) electrons. The van der Waals surface area contributed by atoms with Crippen LogP contribution in [0.25, 0.3) is 0 Å². The first-order valence-electron chi connectivity index (χ1n) is 3.50. The summed E-state index contributed by atoms with van der Waals surface area (Å²) in [6.45, 7) is 0. The van der Waals surface area contributed by atoms with E-state index in [9.17, 15) is 13.2 Å². The van der Waals surface area contributed by atoms with E-state index in [4.69, 9.17) is 10.5 Å². The van der Waals surface area contributed by atoms with E-state index in [1.807, 2.05) is 0 Å². The maximum Gasteiger partial charge on any atom is 0.235 e. The van der Waals surface area contributed by atoms with Gasteiger partial charge in [-0.15, -0.1) is 0 Å². The molecule has 0 aromatic rings. The highest BCUT2D eigenvalue weighted by atomic mass is 79.9. The lowest BCUT2D eigenvalue weighted by Gasteiger charge is -2.26. The van der Waals surface area contributed by atoms with Crippen molar-refractivity contribution in [1.82, 2.24) is 0 Å². The van der Waals surface area contributed by atoms with Crippen LogP contribution in [0.4, 0.5) is 13.2 Å². The van der Waals surface area contributed by atoms with Gasteiger partial charge in [0, 0.05) is 0 Å². The van der Waals surface area contributed by atoms with Crippen LogP contribution in [0.5, 0.6) is 0 Å². The van der Waals surface area contributed by atoms with E-state index in [-0.39, 0.29) is 0 Å². The van der Waals surface area contributed by atoms with Crippen molar-refractivity contribution in [2.24, 2.45) is 0 Å². The molecular weight excluding hydrogens is 341 g/mol. The molecule has 2 atom stereocenters. The van der Waals surface area contributed by atoms with Gasteiger partial charge in [0.25, 0.3) is 0 Å². The van der Waals surface area contributed by atoms with Gasteiger partial charge in [-0.3, -0.25) is 0 Å². The van der Waals surface area contributed by atoms with Crippen molar-refractivity contribution in [3.05, 3.63) is 22.8 Å². The van der Waals surface area contributed by atoms with E-state index in [1.54, 1.807) is 0 Å². The number of hydrogen-bond donors (Lipinski definition) is 0. The molecule has 0 fully saturated rings. The molecule has 1 aliphatic rings. The Labute approximate surface area is 99.9 Å². The molecule has 7 heteroatoms. The van der Waals surface area contributed by atoms with Crippen LogP contribution in [0.3, 0.4) is 0 Å². The van der Waals surface area contributed by atoms with Gasteiger partial charge in [-0.1, -0.05) is 15.9 Å². The van der Waals surface area contributed by atoms with E-state index in [0.29, 0.717) is 0 Å². The Kier molecular flexibility index (Phi) is 3.27. The van der Waals surface area contributed by atoms with Gasteiger partial charge in [0.2, 0.25) is 4.58 Å². The summed E-state index contributed by atoms with van der Waals surface area (Å²) in [5.41, 5.74) is -1.71. The average Bonchev–Trinajstić information content (AvgIpc) is 2.21. The molecule has 0 aliphatic heterocycles. The Morgan fingerprint density at radius 1 is 1.20 bits per heavy atom. The van der Waals surface area contributed by atoms with Crippen LogP contribution in [0.15, 0.2) is 22.8 Å². The highest BCUT2D eigenvalue weighted by molar-refractivity contribution is 9.12. The molecule has 0 aromatic carbocycles. The Balaban J connectivity index is 3.54. The number of nitriles is 2. The quantitative estimate of drug-likeness (QED) is 0.634. The number of rotatable bonds is 0. The fourth-order valence-corrected chi connectivity index (χ4v) is 1.84. The number of hydrogen-bond acceptors (Lipinski definition) is 2. The highest BCUT2D eigenvalue weighted by Gasteiger charge is 2.49. The smallest absolute Gasteiger partial charge is 0.222 e. The largest absolute Gasteiger partial charge is 0.235 e. The van der Waals surface area contributed by atoms with Gasteiger partial charge in [0.1, 0.15) is 33.9 Å². The molecule has 15 heavy (non-hydrogen) atoms. The molecule has 78 valence electrons. The van der Waals surface area contributed by atoms with Crippen LogP contribution >= 0.6 is 31.9 Å². The van der Waals surface area contributed by atoms with Crippen LogP contribution < -0.4 is 0 Å². The third kappa shape index (κ3) is 1.70. The maximum absolute atomic E-state index is 13.6. The van der Waals surface area contributed by atoms with Crippen LogP contribution in [0, 0.1) is 22.7 Å². The number of allylic oxidation sites excluding steroid dienone is 4. The predicted octanol–water partition coefficient (Wildman–Crippen LogP) is 3.32. The lowest BCUT2D eigenvalue weighted by Crippen LogP contribution is -2.33. The first kappa shape index (κ1) is 12.3. The molecule has 0 aromatic heterocycles. The summed E-state index contributed by atoms with van der Waals surface area (Å²) in [5, 5.41) is 17.0. The molecular formula is C8HBr2F3N2. The molecule has 0 amide bonds. The van der Waals surface area contributed by atoms with Gasteiger partial charge in [0.15, 0.2) is 5.83 Å². The van der Waals surface area contributed by atoms with E-state index in [1.165, 1.54) is 12.1 Å². The Morgan fingerprint density at radius 2 is 1.67 bits per heavy atom. The van der Waals surface area contributed by atoms with Gasteiger partial charge in [-0.2, -0.15) is 10.5 Å². The standard InChI is InChI=1S/C8HBr2F3N2/c9-6-5(11)3(1-14)4(2-15)7(12)8(6,10)13/h6H. The molecule has 0 N–H and O–H groups in total. The zero-order chi connectivity index (χ0) is 11.8. The predicted molar refractivity (Wildman–Crippen MR) is 53.0 cm³/mol. The van der Waals surface area contributed by atoms with Crippen LogP contribution in [-0.2, 0) is 0 Å². The van der Waals surface area contributed by atoms with Gasteiger partial charge < -0.3 is 0 Å².